The summed E-state index contributed by atoms with van der Waals surface area (Å²) in [6.07, 6.45) is 1.58. The molecule has 0 aromatic carbocycles. The second-order valence-corrected chi connectivity index (χ2v) is 4.57. The Morgan fingerprint density at radius 3 is 2.50 bits per heavy atom. The molecule has 0 spiro atoms. The molecule has 3 nitrogen and oxygen atoms in total. The monoisotopic (exact) mass is 192 g/mol. The smallest absolute Gasteiger partial charge is 0.216 e. The van der Waals surface area contributed by atoms with E-state index in [2.05, 4.69) is 30.7 Å². The fraction of sp³-hybridized carbons (Fsp3) is 0.636. The molecule has 2 unspecified atom stereocenters. The Kier molecular flexibility index (Phi) is 1.98. The van der Waals surface area contributed by atoms with Crippen molar-refractivity contribution in [1.29, 1.82) is 0 Å². The molecule has 1 aromatic rings. The van der Waals surface area contributed by atoms with Crippen LogP contribution >= 0.6 is 0 Å². The zero-order valence-corrected chi connectivity index (χ0v) is 9.11. The summed E-state index contributed by atoms with van der Waals surface area (Å²) in [5.41, 5.74) is 1.48. The highest BCUT2D eigenvalue weighted by Gasteiger charge is 2.56. The number of nitrogens with zero attached hydrogens (tertiary/aromatic N) is 2. The molecular formula is C11H16N2O. The highest BCUT2D eigenvalue weighted by molar-refractivity contribution is 5.27. The second-order valence-electron chi connectivity index (χ2n) is 4.57. The van der Waals surface area contributed by atoms with Crippen LogP contribution in [0.5, 0.6) is 5.88 Å². The summed E-state index contributed by atoms with van der Waals surface area (Å²) in [5.74, 6) is 1.91. The lowest BCUT2D eigenvalue weighted by Crippen LogP contribution is -1.96. The first kappa shape index (κ1) is 9.44. The first-order valence-electron chi connectivity index (χ1n) is 4.93. The third kappa shape index (κ3) is 1.27. The van der Waals surface area contributed by atoms with Gasteiger partial charge in [0.1, 0.15) is 6.33 Å². The van der Waals surface area contributed by atoms with Crippen molar-refractivity contribution in [2.24, 2.45) is 11.3 Å². The van der Waals surface area contributed by atoms with E-state index >= 15 is 0 Å². The van der Waals surface area contributed by atoms with Crippen molar-refractivity contribution in [3.63, 3.8) is 0 Å². The van der Waals surface area contributed by atoms with E-state index in [9.17, 15) is 0 Å². The van der Waals surface area contributed by atoms with E-state index in [1.54, 1.807) is 13.4 Å². The first-order valence-corrected chi connectivity index (χ1v) is 4.93. The summed E-state index contributed by atoms with van der Waals surface area (Å²) in [4.78, 5) is 8.31. The van der Waals surface area contributed by atoms with Crippen LogP contribution < -0.4 is 4.74 Å². The van der Waals surface area contributed by atoms with Gasteiger partial charge in [0.25, 0.3) is 0 Å². The van der Waals surface area contributed by atoms with Gasteiger partial charge in [-0.1, -0.05) is 20.8 Å². The van der Waals surface area contributed by atoms with Crippen molar-refractivity contribution in [3.05, 3.63) is 18.1 Å². The standard InChI is InChI=1S/C11H16N2O/c1-7-10(11(7,2)3)8-5-9(14-4)13-6-12-8/h5-7,10H,1-4H3. The van der Waals surface area contributed by atoms with Crippen LogP contribution in [-0.2, 0) is 0 Å². The van der Waals surface area contributed by atoms with Gasteiger partial charge in [-0.15, -0.1) is 0 Å². The van der Waals surface area contributed by atoms with Gasteiger partial charge >= 0.3 is 0 Å². The van der Waals surface area contributed by atoms with Gasteiger partial charge in [0.05, 0.1) is 12.8 Å². The average Bonchev–Trinajstić information content (AvgIpc) is 2.66. The lowest BCUT2D eigenvalue weighted by Gasteiger charge is -2.03. The van der Waals surface area contributed by atoms with Gasteiger partial charge in [0, 0.05) is 12.0 Å². The number of ether oxygens (including phenoxy) is 1. The molecule has 0 saturated heterocycles. The van der Waals surface area contributed by atoms with Crippen molar-refractivity contribution < 1.29 is 4.74 Å². The van der Waals surface area contributed by atoms with Crippen LogP contribution in [0, 0.1) is 11.3 Å². The second kappa shape index (κ2) is 2.94. The molecule has 0 radical (unpaired) electrons. The van der Waals surface area contributed by atoms with Gasteiger partial charge in [-0.25, -0.2) is 9.97 Å². The van der Waals surface area contributed by atoms with Crippen molar-refractivity contribution in [3.8, 4) is 5.88 Å². The minimum Gasteiger partial charge on any atom is -0.481 e. The molecular weight excluding hydrogens is 176 g/mol. The molecule has 1 saturated carbocycles. The maximum absolute atomic E-state index is 5.09. The number of hydrogen-bond donors (Lipinski definition) is 0. The molecule has 2 rings (SSSR count). The summed E-state index contributed by atoms with van der Waals surface area (Å²) in [6.45, 7) is 6.81. The quantitative estimate of drug-likeness (QED) is 0.720. The summed E-state index contributed by atoms with van der Waals surface area (Å²) in [5, 5.41) is 0. The third-order valence-electron chi connectivity index (χ3n) is 3.56. The van der Waals surface area contributed by atoms with Gasteiger partial charge in [-0.3, -0.25) is 0 Å². The topological polar surface area (TPSA) is 35.0 Å². The van der Waals surface area contributed by atoms with Gasteiger partial charge < -0.3 is 4.74 Å². The van der Waals surface area contributed by atoms with Crippen LogP contribution in [0.25, 0.3) is 0 Å². The Hall–Kier alpha value is -1.12. The Morgan fingerprint density at radius 2 is 2.00 bits per heavy atom. The number of hydrogen-bond acceptors (Lipinski definition) is 3. The van der Waals surface area contributed by atoms with Crippen molar-refractivity contribution >= 4 is 0 Å². The van der Waals surface area contributed by atoms with Crippen LogP contribution in [-0.4, -0.2) is 17.1 Å². The SMILES string of the molecule is COc1cc(C2C(C)C2(C)C)ncn1. The van der Waals surface area contributed by atoms with E-state index in [4.69, 9.17) is 4.74 Å². The molecule has 1 aromatic heterocycles. The average molecular weight is 192 g/mol. The molecule has 0 amide bonds. The zero-order valence-electron chi connectivity index (χ0n) is 9.11. The number of methoxy groups -OCH3 is 1. The van der Waals surface area contributed by atoms with Gasteiger partial charge in [-0.2, -0.15) is 0 Å². The molecule has 2 atom stereocenters. The van der Waals surface area contributed by atoms with Crippen molar-refractivity contribution in [1.82, 2.24) is 9.97 Å². The molecule has 3 heteroatoms. The Labute approximate surface area is 84.5 Å². The number of aromatic nitrogens is 2. The largest absolute Gasteiger partial charge is 0.481 e. The molecule has 1 fully saturated rings. The Balaban J connectivity index is 2.26. The lowest BCUT2D eigenvalue weighted by atomic mass is 10.1. The predicted molar refractivity (Wildman–Crippen MR) is 54.3 cm³/mol. The fourth-order valence-corrected chi connectivity index (χ4v) is 2.17. The zero-order chi connectivity index (χ0) is 10.3. The normalized spacial score (nSPS) is 28.6. The third-order valence-corrected chi connectivity index (χ3v) is 3.56. The summed E-state index contributed by atoms with van der Waals surface area (Å²) in [6, 6.07) is 1.94. The van der Waals surface area contributed by atoms with E-state index in [-0.39, 0.29) is 0 Å². The summed E-state index contributed by atoms with van der Waals surface area (Å²) < 4.78 is 5.09. The maximum atomic E-state index is 5.09. The maximum Gasteiger partial charge on any atom is 0.216 e. The van der Waals surface area contributed by atoms with E-state index in [0.29, 0.717) is 23.1 Å². The van der Waals surface area contributed by atoms with E-state index in [1.807, 2.05) is 6.07 Å². The van der Waals surface area contributed by atoms with Crippen molar-refractivity contribution in [2.45, 2.75) is 26.7 Å². The molecule has 0 bridgehead atoms. The summed E-state index contributed by atoms with van der Waals surface area (Å²) >= 11 is 0. The molecule has 14 heavy (non-hydrogen) atoms. The van der Waals surface area contributed by atoms with Crippen LogP contribution in [0.2, 0.25) is 0 Å². The van der Waals surface area contributed by atoms with E-state index in [1.165, 1.54) is 0 Å². The Bertz CT molecular complexity index is 349. The minimum absolute atomic E-state index is 0.374. The van der Waals surface area contributed by atoms with Crippen LogP contribution in [0.3, 0.4) is 0 Å². The van der Waals surface area contributed by atoms with E-state index in [0.717, 1.165) is 5.69 Å². The van der Waals surface area contributed by atoms with Gasteiger partial charge in [0.2, 0.25) is 5.88 Å². The highest BCUT2D eigenvalue weighted by atomic mass is 16.5. The molecule has 1 heterocycles. The fourth-order valence-electron chi connectivity index (χ4n) is 2.17. The number of rotatable bonds is 2. The molecule has 0 aliphatic heterocycles. The first-order chi connectivity index (χ1) is 6.57. The molecule has 1 aliphatic carbocycles. The predicted octanol–water partition coefficient (Wildman–Crippen LogP) is 2.24. The molecule has 0 N–H and O–H groups in total. The van der Waals surface area contributed by atoms with Crippen LogP contribution in [0.1, 0.15) is 32.4 Å². The highest BCUT2D eigenvalue weighted by Crippen LogP contribution is 2.63. The molecule has 1 aliphatic rings. The molecule has 76 valence electrons. The van der Waals surface area contributed by atoms with Gasteiger partial charge in [0.15, 0.2) is 0 Å². The van der Waals surface area contributed by atoms with Crippen LogP contribution in [0.4, 0.5) is 0 Å². The van der Waals surface area contributed by atoms with Crippen LogP contribution in [0.15, 0.2) is 12.4 Å². The van der Waals surface area contributed by atoms with Crippen molar-refractivity contribution in [2.75, 3.05) is 7.11 Å². The lowest BCUT2D eigenvalue weighted by molar-refractivity contribution is 0.395. The minimum atomic E-state index is 0.374. The van der Waals surface area contributed by atoms with E-state index < -0.39 is 0 Å². The van der Waals surface area contributed by atoms with Gasteiger partial charge in [-0.05, 0) is 11.3 Å². The summed E-state index contributed by atoms with van der Waals surface area (Å²) in [7, 11) is 1.63. The Morgan fingerprint density at radius 1 is 1.36 bits per heavy atom.